The van der Waals surface area contributed by atoms with Gasteiger partial charge in [-0.3, -0.25) is 14.4 Å². The molecule has 1 aromatic rings. The molecule has 1 aromatic heterocycles. The van der Waals surface area contributed by atoms with Crippen molar-refractivity contribution in [2.75, 3.05) is 14.1 Å². The molecule has 0 saturated carbocycles. The van der Waals surface area contributed by atoms with Gasteiger partial charge in [0, 0.05) is 25.9 Å². The van der Waals surface area contributed by atoms with Crippen molar-refractivity contribution in [3.63, 3.8) is 0 Å². The second-order valence-electron chi connectivity index (χ2n) is 4.24. The van der Waals surface area contributed by atoms with Crippen LogP contribution in [0.1, 0.15) is 19.5 Å². The summed E-state index contributed by atoms with van der Waals surface area (Å²) in [5.41, 5.74) is 0.347. The lowest BCUT2D eigenvalue weighted by molar-refractivity contribution is -0.132. The summed E-state index contributed by atoms with van der Waals surface area (Å²) in [5.74, 6) is -0.588. The highest BCUT2D eigenvalue weighted by molar-refractivity contribution is 8.01. The van der Waals surface area contributed by atoms with E-state index in [9.17, 15) is 14.4 Å². The number of aryl methyl sites for hydroxylation is 1. The summed E-state index contributed by atoms with van der Waals surface area (Å²) in [6.45, 7) is 3.23. The lowest BCUT2D eigenvalue weighted by Crippen LogP contribution is -2.36. The van der Waals surface area contributed by atoms with Crippen LogP contribution in [-0.4, -0.2) is 45.9 Å². The number of aromatic nitrogens is 2. The molecule has 0 saturated heterocycles. The molecule has 6 nitrogen and oxygen atoms in total. The Morgan fingerprint density at radius 3 is 2.58 bits per heavy atom. The highest BCUT2D eigenvalue weighted by atomic mass is 32.2. The van der Waals surface area contributed by atoms with Crippen LogP contribution in [0.25, 0.3) is 0 Å². The van der Waals surface area contributed by atoms with Gasteiger partial charge in [0.1, 0.15) is 5.25 Å². The Morgan fingerprint density at radius 2 is 2.11 bits per heavy atom. The van der Waals surface area contributed by atoms with Gasteiger partial charge in [-0.25, -0.2) is 4.98 Å². The molecule has 1 heterocycles. The minimum atomic E-state index is -0.884. The molecule has 0 aromatic carbocycles. The SMILES string of the molecule is CCc1cc(=O)[nH]c(S[C@H](C(C)=O)C(=O)N(C)C)n1. The smallest absolute Gasteiger partial charge is 0.251 e. The number of ketones is 1. The van der Waals surface area contributed by atoms with Crippen molar-refractivity contribution in [3.05, 3.63) is 22.1 Å². The third-order valence-corrected chi connectivity index (χ3v) is 3.58. The van der Waals surface area contributed by atoms with Crippen LogP contribution in [0.5, 0.6) is 0 Å². The van der Waals surface area contributed by atoms with E-state index in [-0.39, 0.29) is 17.2 Å². The molecule has 0 fully saturated rings. The zero-order chi connectivity index (χ0) is 14.6. The molecular formula is C12H17N3O3S. The largest absolute Gasteiger partial charge is 0.347 e. The van der Waals surface area contributed by atoms with E-state index in [1.54, 1.807) is 14.1 Å². The quantitative estimate of drug-likeness (QED) is 0.482. The maximum Gasteiger partial charge on any atom is 0.251 e. The summed E-state index contributed by atoms with van der Waals surface area (Å²) in [7, 11) is 3.16. The number of Topliss-reactive ketones (excluding diaryl/α,β-unsaturated/α-hetero) is 1. The summed E-state index contributed by atoms with van der Waals surface area (Å²) in [5, 5.41) is -0.593. The summed E-state index contributed by atoms with van der Waals surface area (Å²) in [6, 6.07) is 1.40. The Balaban J connectivity index is 3.03. The highest BCUT2D eigenvalue weighted by Gasteiger charge is 2.27. The van der Waals surface area contributed by atoms with Gasteiger partial charge in [0.2, 0.25) is 5.91 Å². The molecule has 1 rings (SSSR count). The Labute approximate surface area is 115 Å². The molecule has 1 atom stereocenters. The van der Waals surface area contributed by atoms with E-state index in [1.165, 1.54) is 17.9 Å². The van der Waals surface area contributed by atoms with Crippen LogP contribution in [0.2, 0.25) is 0 Å². The first-order valence-corrected chi connectivity index (χ1v) is 6.71. The van der Waals surface area contributed by atoms with Crippen LogP contribution in [-0.2, 0) is 16.0 Å². The number of aromatic amines is 1. The summed E-state index contributed by atoms with van der Waals surface area (Å²) < 4.78 is 0. The van der Waals surface area contributed by atoms with Gasteiger partial charge < -0.3 is 9.88 Å². The zero-order valence-corrected chi connectivity index (χ0v) is 12.2. The van der Waals surface area contributed by atoms with Crippen LogP contribution >= 0.6 is 11.8 Å². The van der Waals surface area contributed by atoms with E-state index in [0.717, 1.165) is 11.8 Å². The molecule has 0 spiro atoms. The second kappa shape index (κ2) is 6.51. The van der Waals surface area contributed by atoms with Crippen LogP contribution in [0, 0.1) is 0 Å². The maximum atomic E-state index is 11.9. The predicted molar refractivity (Wildman–Crippen MR) is 73.3 cm³/mol. The number of thioether (sulfide) groups is 1. The van der Waals surface area contributed by atoms with Crippen LogP contribution < -0.4 is 5.56 Å². The summed E-state index contributed by atoms with van der Waals surface area (Å²) in [4.78, 5) is 43.0. The third kappa shape index (κ3) is 4.20. The van der Waals surface area contributed by atoms with Crippen LogP contribution in [0.4, 0.5) is 0 Å². The van der Waals surface area contributed by atoms with E-state index in [0.29, 0.717) is 17.3 Å². The average Bonchev–Trinajstić information content (AvgIpc) is 2.33. The Kier molecular flexibility index (Phi) is 5.29. The Bertz CT molecular complexity index is 539. The summed E-state index contributed by atoms with van der Waals surface area (Å²) >= 11 is 0.970. The lowest BCUT2D eigenvalue weighted by Gasteiger charge is -2.17. The summed E-state index contributed by atoms with van der Waals surface area (Å²) in [6.07, 6.45) is 0.615. The van der Waals surface area contributed by atoms with E-state index in [2.05, 4.69) is 9.97 Å². The minimum absolute atomic E-state index is 0.270. The Hall–Kier alpha value is -1.63. The van der Waals surface area contributed by atoms with Crippen molar-refractivity contribution in [1.29, 1.82) is 0 Å². The van der Waals surface area contributed by atoms with Crippen LogP contribution in [0.15, 0.2) is 16.0 Å². The minimum Gasteiger partial charge on any atom is -0.347 e. The highest BCUT2D eigenvalue weighted by Crippen LogP contribution is 2.21. The fourth-order valence-electron chi connectivity index (χ4n) is 1.37. The molecular weight excluding hydrogens is 266 g/mol. The lowest BCUT2D eigenvalue weighted by atomic mass is 10.3. The molecule has 19 heavy (non-hydrogen) atoms. The number of hydrogen-bond donors (Lipinski definition) is 1. The van der Waals surface area contributed by atoms with E-state index >= 15 is 0 Å². The fraction of sp³-hybridized carbons (Fsp3) is 0.500. The molecule has 7 heteroatoms. The molecule has 1 amide bonds. The standard InChI is InChI=1S/C12H17N3O3S/c1-5-8-6-9(17)14-12(13-8)19-10(7(2)16)11(18)15(3)4/h6,10H,5H2,1-4H3,(H,13,14,17)/t10-/m1/s1. The average molecular weight is 283 g/mol. The topological polar surface area (TPSA) is 83.1 Å². The first-order valence-electron chi connectivity index (χ1n) is 5.83. The molecule has 1 N–H and O–H groups in total. The monoisotopic (exact) mass is 283 g/mol. The van der Waals surface area contributed by atoms with Gasteiger partial charge in [0.25, 0.3) is 5.56 Å². The first-order chi connectivity index (χ1) is 8.85. The molecule has 0 aliphatic rings. The number of carbonyl (C=O) groups is 2. The van der Waals surface area contributed by atoms with Gasteiger partial charge in [-0.05, 0) is 13.3 Å². The van der Waals surface area contributed by atoms with Gasteiger partial charge >= 0.3 is 0 Å². The van der Waals surface area contributed by atoms with E-state index < -0.39 is 5.25 Å². The van der Waals surface area contributed by atoms with Gasteiger partial charge in [-0.1, -0.05) is 18.7 Å². The first kappa shape index (κ1) is 15.4. The predicted octanol–water partition coefficient (Wildman–Crippen LogP) is 0.470. The van der Waals surface area contributed by atoms with E-state index in [1.807, 2.05) is 6.92 Å². The Morgan fingerprint density at radius 1 is 1.47 bits per heavy atom. The maximum absolute atomic E-state index is 11.9. The molecule has 0 radical (unpaired) electrons. The molecule has 0 unspecified atom stereocenters. The van der Waals surface area contributed by atoms with Crippen LogP contribution in [0.3, 0.4) is 0 Å². The van der Waals surface area contributed by atoms with Crippen molar-refractivity contribution in [1.82, 2.24) is 14.9 Å². The molecule has 0 bridgehead atoms. The van der Waals surface area contributed by atoms with Crippen molar-refractivity contribution in [3.8, 4) is 0 Å². The van der Waals surface area contributed by atoms with Gasteiger partial charge in [-0.2, -0.15) is 0 Å². The molecule has 104 valence electrons. The van der Waals surface area contributed by atoms with Crippen molar-refractivity contribution in [2.24, 2.45) is 0 Å². The number of rotatable bonds is 5. The molecule has 0 aliphatic carbocycles. The number of hydrogen-bond acceptors (Lipinski definition) is 5. The van der Waals surface area contributed by atoms with E-state index in [4.69, 9.17) is 0 Å². The second-order valence-corrected chi connectivity index (χ2v) is 5.33. The van der Waals surface area contributed by atoms with Gasteiger partial charge in [-0.15, -0.1) is 0 Å². The normalized spacial score (nSPS) is 12.0. The number of H-pyrrole nitrogens is 1. The van der Waals surface area contributed by atoms with Crippen molar-refractivity contribution >= 4 is 23.5 Å². The third-order valence-electron chi connectivity index (χ3n) is 2.40. The van der Waals surface area contributed by atoms with Gasteiger partial charge in [0.15, 0.2) is 10.9 Å². The van der Waals surface area contributed by atoms with Crippen molar-refractivity contribution in [2.45, 2.75) is 30.7 Å². The number of nitrogens with one attached hydrogen (secondary N) is 1. The number of amides is 1. The molecule has 0 aliphatic heterocycles. The van der Waals surface area contributed by atoms with Gasteiger partial charge in [0.05, 0.1) is 0 Å². The zero-order valence-electron chi connectivity index (χ0n) is 11.4. The number of nitrogens with zero attached hydrogens (tertiary/aromatic N) is 2. The number of carbonyl (C=O) groups excluding carboxylic acids is 2. The fourth-order valence-corrected chi connectivity index (χ4v) is 2.40. The van der Waals surface area contributed by atoms with Crippen molar-refractivity contribution < 1.29 is 9.59 Å².